The number of hydrogen-bond acceptors (Lipinski definition) is 5. The Balaban J connectivity index is 2.00. The van der Waals surface area contributed by atoms with Gasteiger partial charge in [0.15, 0.2) is 5.76 Å². The summed E-state index contributed by atoms with van der Waals surface area (Å²) in [7, 11) is 0. The lowest BCUT2D eigenvalue weighted by Crippen LogP contribution is -2.42. The minimum Gasteiger partial charge on any atom is -0.466 e. The van der Waals surface area contributed by atoms with E-state index in [1.807, 2.05) is 0 Å². The normalized spacial score (nSPS) is 17.7. The van der Waals surface area contributed by atoms with Crippen molar-refractivity contribution in [3.8, 4) is 0 Å². The van der Waals surface area contributed by atoms with Crippen LogP contribution in [0, 0.1) is 5.92 Å². The van der Waals surface area contributed by atoms with E-state index >= 15 is 0 Å². The van der Waals surface area contributed by atoms with Crippen molar-refractivity contribution in [2.45, 2.75) is 26.3 Å². The standard InChI is InChI=1S/C14H18N4O4/c1-2-21-14(20)10-4-3-7-18(9-10)13(19)12-6-5-11(22-12)8-16-17-15/h5-6,10H,2-4,7-9H2,1H3. The maximum absolute atomic E-state index is 12.4. The Morgan fingerprint density at radius 2 is 2.36 bits per heavy atom. The molecule has 0 saturated carbocycles. The molecule has 1 saturated heterocycles. The number of furan rings is 1. The van der Waals surface area contributed by atoms with E-state index < -0.39 is 0 Å². The van der Waals surface area contributed by atoms with Gasteiger partial charge in [-0.1, -0.05) is 5.11 Å². The second-order valence-electron chi connectivity index (χ2n) is 5.00. The predicted molar refractivity (Wildman–Crippen MR) is 76.8 cm³/mol. The van der Waals surface area contributed by atoms with Crippen LogP contribution in [0.1, 0.15) is 36.1 Å². The molecule has 0 aromatic carbocycles. The molecule has 8 nitrogen and oxygen atoms in total. The van der Waals surface area contributed by atoms with Crippen LogP contribution >= 0.6 is 0 Å². The molecule has 0 aliphatic carbocycles. The number of amides is 1. The van der Waals surface area contributed by atoms with Crippen LogP contribution in [0.15, 0.2) is 21.7 Å². The quantitative estimate of drug-likeness (QED) is 0.360. The van der Waals surface area contributed by atoms with Gasteiger partial charge in [0, 0.05) is 18.0 Å². The topological polar surface area (TPSA) is 109 Å². The van der Waals surface area contributed by atoms with Crippen LogP contribution in [0.3, 0.4) is 0 Å². The van der Waals surface area contributed by atoms with Crippen LogP contribution in [0.5, 0.6) is 0 Å². The van der Waals surface area contributed by atoms with Crippen molar-refractivity contribution in [1.82, 2.24) is 4.90 Å². The van der Waals surface area contributed by atoms with Gasteiger partial charge in [0.05, 0.1) is 19.1 Å². The average Bonchev–Trinajstić information content (AvgIpc) is 3.01. The van der Waals surface area contributed by atoms with Crippen molar-refractivity contribution >= 4 is 11.9 Å². The first-order valence-corrected chi connectivity index (χ1v) is 7.21. The lowest BCUT2D eigenvalue weighted by atomic mass is 9.98. The van der Waals surface area contributed by atoms with Crippen molar-refractivity contribution in [2.75, 3.05) is 19.7 Å². The summed E-state index contributed by atoms with van der Waals surface area (Å²) < 4.78 is 10.4. The second kappa shape index (κ2) is 7.51. The molecule has 1 unspecified atom stereocenters. The summed E-state index contributed by atoms with van der Waals surface area (Å²) in [5, 5.41) is 3.38. The first-order chi connectivity index (χ1) is 10.7. The Labute approximate surface area is 127 Å². The highest BCUT2D eigenvalue weighted by atomic mass is 16.5. The van der Waals surface area contributed by atoms with Crippen molar-refractivity contribution in [2.24, 2.45) is 11.0 Å². The van der Waals surface area contributed by atoms with Gasteiger partial charge in [0.25, 0.3) is 5.91 Å². The fourth-order valence-corrected chi connectivity index (χ4v) is 2.45. The SMILES string of the molecule is CCOC(=O)C1CCCN(C(=O)c2ccc(CN=[N+]=[N-])o2)C1. The van der Waals surface area contributed by atoms with E-state index in [9.17, 15) is 9.59 Å². The highest BCUT2D eigenvalue weighted by molar-refractivity contribution is 5.92. The summed E-state index contributed by atoms with van der Waals surface area (Å²) >= 11 is 0. The summed E-state index contributed by atoms with van der Waals surface area (Å²) in [6, 6.07) is 3.16. The molecule has 22 heavy (non-hydrogen) atoms. The van der Waals surface area contributed by atoms with Crippen molar-refractivity contribution < 1.29 is 18.7 Å². The third kappa shape index (κ3) is 3.79. The van der Waals surface area contributed by atoms with Crippen LogP contribution in [-0.4, -0.2) is 36.5 Å². The van der Waals surface area contributed by atoms with Crippen molar-refractivity contribution in [3.63, 3.8) is 0 Å². The molecule has 0 bridgehead atoms. The third-order valence-corrected chi connectivity index (χ3v) is 3.49. The van der Waals surface area contributed by atoms with Gasteiger partial charge in [0.1, 0.15) is 5.76 Å². The Kier molecular flexibility index (Phi) is 5.43. The number of nitrogens with zero attached hydrogens (tertiary/aromatic N) is 4. The number of ether oxygens (including phenoxy) is 1. The van der Waals surface area contributed by atoms with Crippen LogP contribution < -0.4 is 0 Å². The van der Waals surface area contributed by atoms with Gasteiger partial charge in [-0.15, -0.1) is 0 Å². The molecule has 2 heterocycles. The summed E-state index contributed by atoms with van der Waals surface area (Å²) in [4.78, 5) is 28.4. The summed E-state index contributed by atoms with van der Waals surface area (Å²) in [5.41, 5.74) is 8.27. The molecule has 1 atom stereocenters. The number of rotatable bonds is 5. The van der Waals surface area contributed by atoms with Crippen LogP contribution in [-0.2, 0) is 16.1 Å². The number of esters is 1. The molecule has 0 spiro atoms. The highest BCUT2D eigenvalue weighted by Gasteiger charge is 2.30. The Morgan fingerprint density at radius 3 is 3.09 bits per heavy atom. The Bertz CT molecular complexity index is 591. The zero-order valence-electron chi connectivity index (χ0n) is 12.4. The molecular formula is C14H18N4O4. The van der Waals surface area contributed by atoms with Gasteiger partial charge >= 0.3 is 5.97 Å². The third-order valence-electron chi connectivity index (χ3n) is 3.49. The second-order valence-corrected chi connectivity index (χ2v) is 5.00. The van der Waals surface area contributed by atoms with E-state index in [1.54, 1.807) is 24.0 Å². The van der Waals surface area contributed by atoms with E-state index in [1.165, 1.54) is 0 Å². The van der Waals surface area contributed by atoms with Crippen LogP contribution in [0.25, 0.3) is 10.4 Å². The van der Waals surface area contributed by atoms with E-state index in [0.29, 0.717) is 25.5 Å². The summed E-state index contributed by atoms with van der Waals surface area (Å²) in [6.45, 7) is 3.09. The number of likely N-dealkylation sites (tertiary alicyclic amines) is 1. The Hall–Kier alpha value is -2.47. The van der Waals surface area contributed by atoms with Crippen LogP contribution in [0.2, 0.25) is 0 Å². The molecular weight excluding hydrogens is 288 g/mol. The smallest absolute Gasteiger partial charge is 0.310 e. The van der Waals surface area contributed by atoms with Gasteiger partial charge in [-0.25, -0.2) is 0 Å². The predicted octanol–water partition coefficient (Wildman–Crippen LogP) is 2.51. The number of carbonyl (C=O) groups excluding carboxylic acids is 2. The highest BCUT2D eigenvalue weighted by Crippen LogP contribution is 2.21. The molecule has 1 aromatic rings. The molecule has 1 aliphatic rings. The molecule has 1 aliphatic heterocycles. The van der Waals surface area contributed by atoms with E-state index in [2.05, 4.69) is 10.0 Å². The monoisotopic (exact) mass is 306 g/mol. The number of azide groups is 1. The number of piperidine rings is 1. The maximum atomic E-state index is 12.4. The van der Waals surface area contributed by atoms with Crippen molar-refractivity contribution in [1.29, 1.82) is 0 Å². The molecule has 1 fully saturated rings. The van der Waals surface area contributed by atoms with Gasteiger partial charge in [-0.3, -0.25) is 9.59 Å². The zero-order valence-corrected chi connectivity index (χ0v) is 12.4. The molecule has 0 N–H and O–H groups in total. The fourth-order valence-electron chi connectivity index (χ4n) is 2.45. The van der Waals surface area contributed by atoms with E-state index in [4.69, 9.17) is 14.7 Å². The lowest BCUT2D eigenvalue weighted by molar-refractivity contribution is -0.149. The van der Waals surface area contributed by atoms with Crippen LogP contribution in [0.4, 0.5) is 0 Å². The molecule has 8 heteroatoms. The molecule has 118 valence electrons. The average molecular weight is 306 g/mol. The minimum atomic E-state index is -0.282. The van der Waals surface area contributed by atoms with E-state index in [0.717, 1.165) is 12.8 Å². The first kappa shape index (κ1) is 15.9. The first-order valence-electron chi connectivity index (χ1n) is 7.21. The molecule has 0 radical (unpaired) electrons. The molecule has 1 aromatic heterocycles. The van der Waals surface area contributed by atoms with E-state index in [-0.39, 0.29) is 30.1 Å². The fraction of sp³-hybridized carbons (Fsp3) is 0.571. The van der Waals surface area contributed by atoms with Crippen molar-refractivity contribution in [3.05, 3.63) is 34.1 Å². The molecule has 1 amide bonds. The van der Waals surface area contributed by atoms with Gasteiger partial charge in [0.2, 0.25) is 0 Å². The van der Waals surface area contributed by atoms with Gasteiger partial charge in [-0.2, -0.15) is 0 Å². The lowest BCUT2D eigenvalue weighted by Gasteiger charge is -2.30. The minimum absolute atomic E-state index is 0.0647. The summed E-state index contributed by atoms with van der Waals surface area (Å²) in [5.74, 6) is -0.187. The van der Waals surface area contributed by atoms with Gasteiger partial charge < -0.3 is 14.1 Å². The zero-order chi connectivity index (χ0) is 15.9. The number of hydrogen-bond donors (Lipinski definition) is 0. The summed E-state index contributed by atoms with van der Waals surface area (Å²) in [6.07, 6.45) is 1.48. The molecule has 2 rings (SSSR count). The Morgan fingerprint density at radius 1 is 1.55 bits per heavy atom. The number of carbonyl (C=O) groups is 2. The largest absolute Gasteiger partial charge is 0.466 e. The van der Waals surface area contributed by atoms with Gasteiger partial charge in [-0.05, 0) is 37.4 Å². The maximum Gasteiger partial charge on any atom is 0.310 e.